The summed E-state index contributed by atoms with van der Waals surface area (Å²) in [5.74, 6) is 0. The maximum absolute atomic E-state index is 5.12. The number of rotatable bonds is 6. The van der Waals surface area contributed by atoms with E-state index >= 15 is 0 Å². The molecule has 1 saturated heterocycles. The second kappa shape index (κ2) is 7.52. The predicted octanol–water partition coefficient (Wildman–Crippen LogP) is 1.49. The summed E-state index contributed by atoms with van der Waals surface area (Å²) in [6, 6.07) is 10.8. The monoisotopic (exact) mass is 248 g/mol. The summed E-state index contributed by atoms with van der Waals surface area (Å²) in [4.78, 5) is 5.05. The van der Waals surface area contributed by atoms with Gasteiger partial charge in [0.25, 0.3) is 0 Å². The van der Waals surface area contributed by atoms with Crippen molar-refractivity contribution in [2.75, 3.05) is 53.0 Å². The summed E-state index contributed by atoms with van der Waals surface area (Å²) in [5.41, 5.74) is 1.44. The smallest absolute Gasteiger partial charge is 0.0589 e. The number of hydrogen-bond acceptors (Lipinski definition) is 3. The van der Waals surface area contributed by atoms with E-state index in [1.165, 1.54) is 44.7 Å². The van der Waals surface area contributed by atoms with Crippen LogP contribution in [0.5, 0.6) is 0 Å². The van der Waals surface area contributed by atoms with Gasteiger partial charge < -0.3 is 9.64 Å². The third kappa shape index (κ3) is 4.41. The van der Waals surface area contributed by atoms with Crippen LogP contribution < -0.4 is 0 Å². The van der Waals surface area contributed by atoms with Gasteiger partial charge in [-0.3, -0.25) is 4.90 Å². The first kappa shape index (κ1) is 13.5. The predicted molar refractivity (Wildman–Crippen MR) is 74.9 cm³/mol. The van der Waals surface area contributed by atoms with E-state index in [-0.39, 0.29) is 0 Å². The molecular weight excluding hydrogens is 224 g/mol. The topological polar surface area (TPSA) is 15.7 Å². The van der Waals surface area contributed by atoms with Crippen molar-refractivity contribution in [1.82, 2.24) is 9.80 Å². The number of piperazine rings is 1. The van der Waals surface area contributed by atoms with Gasteiger partial charge in [0.05, 0.1) is 6.61 Å². The van der Waals surface area contributed by atoms with Gasteiger partial charge >= 0.3 is 0 Å². The molecule has 0 N–H and O–H groups in total. The van der Waals surface area contributed by atoms with Crippen LogP contribution in [0, 0.1) is 0 Å². The summed E-state index contributed by atoms with van der Waals surface area (Å²) >= 11 is 0. The Hall–Kier alpha value is -0.900. The van der Waals surface area contributed by atoms with Gasteiger partial charge in [-0.25, -0.2) is 0 Å². The lowest BCUT2D eigenvalue weighted by Crippen LogP contribution is -2.47. The molecule has 1 aliphatic rings. The van der Waals surface area contributed by atoms with Gasteiger partial charge in [0.15, 0.2) is 0 Å². The van der Waals surface area contributed by atoms with Crippen LogP contribution in [0.15, 0.2) is 30.3 Å². The van der Waals surface area contributed by atoms with Crippen molar-refractivity contribution in [3.05, 3.63) is 35.9 Å². The number of ether oxygens (including phenoxy) is 1. The van der Waals surface area contributed by atoms with Crippen LogP contribution in [-0.2, 0) is 11.2 Å². The molecule has 1 aromatic rings. The molecule has 1 aliphatic heterocycles. The minimum atomic E-state index is 0.851. The zero-order valence-corrected chi connectivity index (χ0v) is 11.3. The molecule has 0 saturated carbocycles. The van der Waals surface area contributed by atoms with E-state index in [0.29, 0.717) is 0 Å². The van der Waals surface area contributed by atoms with Gasteiger partial charge in [0, 0.05) is 46.4 Å². The number of nitrogens with zero attached hydrogens (tertiary/aromatic N) is 2. The summed E-state index contributed by atoms with van der Waals surface area (Å²) in [6.45, 7) is 7.85. The van der Waals surface area contributed by atoms with E-state index in [2.05, 4.69) is 40.1 Å². The molecule has 3 nitrogen and oxygen atoms in total. The van der Waals surface area contributed by atoms with Crippen LogP contribution in [0.1, 0.15) is 5.56 Å². The fraction of sp³-hybridized carbons (Fsp3) is 0.600. The van der Waals surface area contributed by atoms with Crippen LogP contribution in [0.25, 0.3) is 0 Å². The molecule has 1 fully saturated rings. The maximum Gasteiger partial charge on any atom is 0.0589 e. The van der Waals surface area contributed by atoms with Crippen LogP contribution in [0.3, 0.4) is 0 Å². The average Bonchev–Trinajstić information content (AvgIpc) is 2.45. The summed E-state index contributed by atoms with van der Waals surface area (Å²) in [6.07, 6.45) is 1.17. The SMILES string of the molecule is COCCN1CCN(CCc2ccccc2)CC1. The number of methoxy groups -OCH3 is 1. The summed E-state index contributed by atoms with van der Waals surface area (Å²) in [5, 5.41) is 0. The molecule has 1 aromatic carbocycles. The normalized spacial score (nSPS) is 18.1. The van der Waals surface area contributed by atoms with Crippen molar-refractivity contribution >= 4 is 0 Å². The van der Waals surface area contributed by atoms with Crippen molar-refractivity contribution < 1.29 is 4.74 Å². The molecule has 18 heavy (non-hydrogen) atoms. The summed E-state index contributed by atoms with van der Waals surface area (Å²) in [7, 11) is 1.77. The Morgan fingerprint density at radius 2 is 1.56 bits per heavy atom. The van der Waals surface area contributed by atoms with Crippen LogP contribution in [0.4, 0.5) is 0 Å². The fourth-order valence-corrected chi connectivity index (χ4v) is 2.39. The lowest BCUT2D eigenvalue weighted by atomic mass is 10.1. The van der Waals surface area contributed by atoms with Crippen LogP contribution in [0.2, 0.25) is 0 Å². The number of benzene rings is 1. The summed E-state index contributed by atoms with van der Waals surface area (Å²) < 4.78 is 5.12. The van der Waals surface area contributed by atoms with Gasteiger partial charge in [-0.15, -0.1) is 0 Å². The zero-order valence-electron chi connectivity index (χ0n) is 11.3. The average molecular weight is 248 g/mol. The highest BCUT2D eigenvalue weighted by atomic mass is 16.5. The Morgan fingerprint density at radius 1 is 0.944 bits per heavy atom. The highest BCUT2D eigenvalue weighted by Gasteiger charge is 2.15. The van der Waals surface area contributed by atoms with E-state index < -0.39 is 0 Å². The molecule has 0 atom stereocenters. The Labute approximate surface area is 110 Å². The van der Waals surface area contributed by atoms with Gasteiger partial charge in [-0.05, 0) is 12.0 Å². The van der Waals surface area contributed by atoms with Gasteiger partial charge in [-0.2, -0.15) is 0 Å². The number of hydrogen-bond donors (Lipinski definition) is 0. The molecule has 3 heteroatoms. The molecule has 1 heterocycles. The molecule has 0 radical (unpaired) electrons. The van der Waals surface area contributed by atoms with Crippen molar-refractivity contribution in [1.29, 1.82) is 0 Å². The molecule has 0 aliphatic carbocycles. The quantitative estimate of drug-likeness (QED) is 0.758. The van der Waals surface area contributed by atoms with Gasteiger partial charge in [0.1, 0.15) is 0 Å². The first-order valence-electron chi connectivity index (χ1n) is 6.86. The van der Waals surface area contributed by atoms with E-state index in [4.69, 9.17) is 4.74 Å². The highest BCUT2D eigenvalue weighted by molar-refractivity contribution is 5.14. The van der Waals surface area contributed by atoms with Crippen LogP contribution >= 0.6 is 0 Å². The third-order valence-electron chi connectivity index (χ3n) is 3.64. The Bertz CT molecular complexity index is 321. The Morgan fingerprint density at radius 3 is 2.17 bits per heavy atom. The lowest BCUT2D eigenvalue weighted by molar-refractivity contribution is 0.0976. The van der Waals surface area contributed by atoms with E-state index in [0.717, 1.165) is 13.2 Å². The van der Waals surface area contributed by atoms with E-state index in [1.54, 1.807) is 7.11 Å². The first-order chi connectivity index (χ1) is 8.88. The van der Waals surface area contributed by atoms with E-state index in [9.17, 15) is 0 Å². The Balaban J connectivity index is 1.65. The first-order valence-corrected chi connectivity index (χ1v) is 6.86. The van der Waals surface area contributed by atoms with Gasteiger partial charge in [-0.1, -0.05) is 30.3 Å². The minimum Gasteiger partial charge on any atom is -0.383 e. The largest absolute Gasteiger partial charge is 0.383 e. The molecule has 0 spiro atoms. The third-order valence-corrected chi connectivity index (χ3v) is 3.64. The second-order valence-electron chi connectivity index (χ2n) is 4.91. The van der Waals surface area contributed by atoms with Crippen molar-refractivity contribution in [3.63, 3.8) is 0 Å². The van der Waals surface area contributed by atoms with Crippen molar-refractivity contribution in [2.24, 2.45) is 0 Å². The maximum atomic E-state index is 5.12. The lowest BCUT2D eigenvalue weighted by Gasteiger charge is -2.34. The van der Waals surface area contributed by atoms with Crippen molar-refractivity contribution in [2.45, 2.75) is 6.42 Å². The van der Waals surface area contributed by atoms with Gasteiger partial charge in [0.2, 0.25) is 0 Å². The molecular formula is C15H24N2O. The standard InChI is InChI=1S/C15H24N2O/c1-18-14-13-17-11-9-16(10-12-17)8-7-15-5-3-2-4-6-15/h2-6H,7-14H2,1H3. The molecule has 0 aromatic heterocycles. The van der Waals surface area contributed by atoms with Crippen LogP contribution in [-0.4, -0.2) is 62.8 Å². The highest BCUT2D eigenvalue weighted by Crippen LogP contribution is 2.05. The molecule has 0 amide bonds. The fourth-order valence-electron chi connectivity index (χ4n) is 2.39. The molecule has 0 bridgehead atoms. The minimum absolute atomic E-state index is 0.851. The molecule has 2 rings (SSSR count). The van der Waals surface area contributed by atoms with E-state index in [1.807, 2.05) is 0 Å². The van der Waals surface area contributed by atoms with Crippen molar-refractivity contribution in [3.8, 4) is 0 Å². The zero-order chi connectivity index (χ0) is 12.6. The second-order valence-corrected chi connectivity index (χ2v) is 4.91. The molecule has 0 unspecified atom stereocenters. The molecule has 100 valence electrons. The Kier molecular flexibility index (Phi) is 5.65.